The van der Waals surface area contributed by atoms with Crippen LogP contribution >= 0.6 is 0 Å². The molecule has 9 unspecified atom stereocenters. The standard InChI is InChI=1S/C70H133NO10/c1-3-5-7-9-11-13-15-17-19-21-23-25-27-29-30-31-32-34-35-37-39-41-43-45-47-49-51-53-55-57-62(73)65(75)61(60-80-70-68(78)67(77)66(76)64(59-72)81-70)71-69(79)63(74)58-56-54-52-50-48-46-44-42-40-38-36-33-28-26-24-22-20-18-16-14-12-10-8-6-4-2/h33,36,41,43,49,51,61-68,70,72-78H,3-32,34-35,37-40,42,44-48,50,52-60H2,1-2H3,(H,71,79)/b36-33-,43-41+,51-49+. The molecule has 0 bridgehead atoms. The third-order valence-corrected chi connectivity index (χ3v) is 16.9. The van der Waals surface area contributed by atoms with E-state index in [1.165, 1.54) is 250 Å². The van der Waals surface area contributed by atoms with Crippen LogP contribution in [0.25, 0.3) is 0 Å². The molecule has 1 amide bonds. The molecule has 478 valence electrons. The van der Waals surface area contributed by atoms with E-state index in [1.54, 1.807) is 0 Å². The summed E-state index contributed by atoms with van der Waals surface area (Å²) in [6.45, 7) is 3.49. The van der Waals surface area contributed by atoms with Crippen LogP contribution in [0.4, 0.5) is 0 Å². The molecule has 11 heteroatoms. The highest BCUT2D eigenvalue weighted by molar-refractivity contribution is 5.80. The summed E-state index contributed by atoms with van der Waals surface area (Å²) in [5.41, 5.74) is 0. The van der Waals surface area contributed by atoms with Gasteiger partial charge in [-0.3, -0.25) is 4.79 Å². The molecule has 0 saturated carbocycles. The molecule has 0 spiro atoms. The average molecular weight is 1150 g/mol. The molecule has 0 aromatic rings. The number of unbranched alkanes of at least 4 members (excludes halogenated alkanes) is 43. The van der Waals surface area contributed by atoms with Gasteiger partial charge in [0.2, 0.25) is 5.91 Å². The largest absolute Gasteiger partial charge is 0.394 e. The number of amides is 1. The molecule has 11 nitrogen and oxygen atoms in total. The Morgan fingerprint density at radius 3 is 1.10 bits per heavy atom. The number of carbonyl (C=O) groups excluding carboxylic acids is 1. The maximum Gasteiger partial charge on any atom is 0.249 e. The Morgan fingerprint density at radius 1 is 0.420 bits per heavy atom. The van der Waals surface area contributed by atoms with Crippen LogP contribution in [0, 0.1) is 0 Å². The fourth-order valence-corrected chi connectivity index (χ4v) is 11.3. The van der Waals surface area contributed by atoms with E-state index in [-0.39, 0.29) is 12.8 Å². The Hall–Kier alpha value is -1.67. The molecule has 1 heterocycles. The van der Waals surface area contributed by atoms with Crippen LogP contribution in [0.2, 0.25) is 0 Å². The SMILES string of the molecule is CCCCCCCCCCCCCC/C=C\CCCCCCCCCCCC(O)C(=O)NC(COC1OC(CO)C(O)C(O)C1O)C(O)C(O)CCC/C=C/CC/C=C/CCCCCCCCCCCCCCCCCCCCCC. The van der Waals surface area contributed by atoms with Crippen LogP contribution in [0.5, 0.6) is 0 Å². The summed E-state index contributed by atoms with van der Waals surface area (Å²) in [6.07, 6.45) is 63.7. The van der Waals surface area contributed by atoms with E-state index in [0.717, 1.165) is 38.5 Å². The van der Waals surface area contributed by atoms with Gasteiger partial charge in [0.15, 0.2) is 6.29 Å². The Balaban J connectivity index is 2.24. The lowest BCUT2D eigenvalue weighted by atomic mass is 9.98. The van der Waals surface area contributed by atoms with Gasteiger partial charge in [0.1, 0.15) is 36.6 Å². The summed E-state index contributed by atoms with van der Waals surface area (Å²) in [5.74, 6) is -0.708. The molecule has 0 radical (unpaired) electrons. The van der Waals surface area contributed by atoms with Gasteiger partial charge in [0.05, 0.1) is 25.4 Å². The van der Waals surface area contributed by atoms with Crippen molar-refractivity contribution >= 4 is 5.91 Å². The Labute approximate surface area is 498 Å². The predicted molar refractivity (Wildman–Crippen MR) is 339 cm³/mol. The highest BCUT2D eigenvalue weighted by Crippen LogP contribution is 2.24. The van der Waals surface area contributed by atoms with Crippen molar-refractivity contribution in [2.45, 2.75) is 390 Å². The maximum atomic E-state index is 13.2. The fraction of sp³-hybridized carbons (Fsp3) is 0.900. The van der Waals surface area contributed by atoms with Crippen LogP contribution in [0.15, 0.2) is 36.5 Å². The molecule has 0 aromatic heterocycles. The van der Waals surface area contributed by atoms with Crippen LogP contribution in [0.3, 0.4) is 0 Å². The van der Waals surface area contributed by atoms with Crippen LogP contribution in [-0.2, 0) is 14.3 Å². The average Bonchev–Trinajstić information content (AvgIpc) is 3.49. The lowest BCUT2D eigenvalue weighted by molar-refractivity contribution is -0.303. The lowest BCUT2D eigenvalue weighted by Gasteiger charge is -2.40. The maximum absolute atomic E-state index is 13.2. The van der Waals surface area contributed by atoms with E-state index in [1.807, 2.05) is 0 Å². The Bertz CT molecular complexity index is 1410. The molecule has 1 saturated heterocycles. The second-order valence-electron chi connectivity index (χ2n) is 24.6. The summed E-state index contributed by atoms with van der Waals surface area (Å²) in [4.78, 5) is 13.2. The monoisotopic (exact) mass is 1150 g/mol. The topological polar surface area (TPSA) is 189 Å². The summed E-state index contributed by atoms with van der Waals surface area (Å²) >= 11 is 0. The first kappa shape index (κ1) is 77.3. The molecular weight excluding hydrogens is 1010 g/mol. The van der Waals surface area contributed by atoms with Gasteiger partial charge < -0.3 is 50.5 Å². The highest BCUT2D eigenvalue weighted by Gasteiger charge is 2.44. The summed E-state index contributed by atoms with van der Waals surface area (Å²) in [5, 5.41) is 76.4. The zero-order valence-electron chi connectivity index (χ0n) is 52.8. The smallest absolute Gasteiger partial charge is 0.249 e. The van der Waals surface area contributed by atoms with Crippen molar-refractivity contribution in [3.8, 4) is 0 Å². The highest BCUT2D eigenvalue weighted by atomic mass is 16.7. The normalized spacial score (nSPS) is 19.3. The number of allylic oxidation sites excluding steroid dienone is 6. The van der Waals surface area contributed by atoms with Crippen molar-refractivity contribution in [3.05, 3.63) is 36.5 Å². The van der Waals surface area contributed by atoms with Crippen LogP contribution < -0.4 is 5.32 Å². The number of rotatable bonds is 61. The third-order valence-electron chi connectivity index (χ3n) is 16.9. The molecule has 1 aliphatic heterocycles. The first-order chi connectivity index (χ1) is 39.7. The lowest BCUT2D eigenvalue weighted by Crippen LogP contribution is -2.60. The van der Waals surface area contributed by atoms with Gasteiger partial charge in [-0.1, -0.05) is 294 Å². The number of aliphatic hydroxyl groups is 7. The first-order valence-electron chi connectivity index (χ1n) is 34.9. The van der Waals surface area contributed by atoms with Gasteiger partial charge >= 0.3 is 0 Å². The Morgan fingerprint density at radius 2 is 0.741 bits per heavy atom. The van der Waals surface area contributed by atoms with Gasteiger partial charge in [-0.25, -0.2) is 0 Å². The van der Waals surface area contributed by atoms with E-state index in [2.05, 4.69) is 55.6 Å². The van der Waals surface area contributed by atoms with Crippen molar-refractivity contribution in [1.29, 1.82) is 0 Å². The molecule has 8 N–H and O–H groups in total. The minimum Gasteiger partial charge on any atom is -0.394 e. The summed E-state index contributed by atoms with van der Waals surface area (Å²) in [6, 6.07) is -1.19. The minimum atomic E-state index is -1.67. The molecular formula is C70H133NO10. The second-order valence-corrected chi connectivity index (χ2v) is 24.6. The Kier molecular flexibility index (Phi) is 56.0. The van der Waals surface area contributed by atoms with E-state index < -0.39 is 74.2 Å². The zero-order chi connectivity index (χ0) is 58.9. The molecule has 0 aromatic carbocycles. The van der Waals surface area contributed by atoms with Gasteiger partial charge in [0, 0.05) is 0 Å². The molecule has 81 heavy (non-hydrogen) atoms. The summed E-state index contributed by atoms with van der Waals surface area (Å²) in [7, 11) is 0. The van der Waals surface area contributed by atoms with Crippen LogP contribution in [-0.4, -0.2) is 110 Å². The van der Waals surface area contributed by atoms with Crippen molar-refractivity contribution in [1.82, 2.24) is 5.32 Å². The molecule has 1 rings (SSSR count). The number of hydrogen-bond donors (Lipinski definition) is 8. The molecule has 0 aliphatic carbocycles. The van der Waals surface area contributed by atoms with Crippen molar-refractivity contribution in [2.24, 2.45) is 0 Å². The second kappa shape index (κ2) is 58.7. The van der Waals surface area contributed by atoms with E-state index in [0.29, 0.717) is 19.3 Å². The van der Waals surface area contributed by atoms with Gasteiger partial charge in [-0.2, -0.15) is 0 Å². The van der Waals surface area contributed by atoms with Gasteiger partial charge in [-0.15, -0.1) is 0 Å². The predicted octanol–water partition coefficient (Wildman–Crippen LogP) is 16.6. The molecule has 1 aliphatic rings. The van der Waals surface area contributed by atoms with E-state index in [4.69, 9.17) is 9.47 Å². The van der Waals surface area contributed by atoms with E-state index in [9.17, 15) is 40.5 Å². The minimum absolute atomic E-state index is 0.247. The van der Waals surface area contributed by atoms with E-state index >= 15 is 0 Å². The number of aliphatic hydroxyl groups excluding tert-OH is 7. The zero-order valence-corrected chi connectivity index (χ0v) is 52.8. The first-order valence-corrected chi connectivity index (χ1v) is 34.9. The third kappa shape index (κ3) is 46.3. The van der Waals surface area contributed by atoms with Gasteiger partial charge in [0.25, 0.3) is 0 Å². The number of carbonyl (C=O) groups is 1. The van der Waals surface area contributed by atoms with Crippen molar-refractivity contribution in [3.63, 3.8) is 0 Å². The molecule has 9 atom stereocenters. The number of nitrogens with one attached hydrogen (secondary N) is 1. The van der Waals surface area contributed by atoms with Crippen molar-refractivity contribution < 1.29 is 50.0 Å². The van der Waals surface area contributed by atoms with Crippen LogP contribution in [0.1, 0.15) is 335 Å². The number of ether oxygens (including phenoxy) is 2. The summed E-state index contributed by atoms with van der Waals surface area (Å²) < 4.78 is 11.2. The fourth-order valence-electron chi connectivity index (χ4n) is 11.3. The quantitative estimate of drug-likeness (QED) is 0.0215. The van der Waals surface area contributed by atoms with Crippen molar-refractivity contribution in [2.75, 3.05) is 13.2 Å². The van der Waals surface area contributed by atoms with Gasteiger partial charge in [-0.05, 0) is 77.0 Å². The molecule has 1 fully saturated rings. The number of hydrogen-bond acceptors (Lipinski definition) is 10.